The Morgan fingerprint density at radius 3 is 2.11 bits per heavy atom. The number of ether oxygens (including phenoxy) is 1. The molecule has 36 heavy (non-hydrogen) atoms. The maximum absolute atomic E-state index is 13.8. The van der Waals surface area contributed by atoms with Gasteiger partial charge in [-0.2, -0.15) is 0 Å². The van der Waals surface area contributed by atoms with Crippen molar-refractivity contribution >= 4 is 27.5 Å². The molecular formula is C27H39N3O5S. The fraction of sp³-hybridized carbons (Fsp3) is 0.481. The second-order valence-electron chi connectivity index (χ2n) is 9.44. The van der Waals surface area contributed by atoms with Gasteiger partial charge in [-0.1, -0.05) is 51.1 Å². The first-order valence-electron chi connectivity index (χ1n) is 12.2. The Bertz CT molecular complexity index is 1130. The van der Waals surface area contributed by atoms with Crippen LogP contribution >= 0.6 is 0 Å². The Hall–Kier alpha value is -3.07. The van der Waals surface area contributed by atoms with Crippen molar-refractivity contribution < 1.29 is 22.7 Å². The second kappa shape index (κ2) is 12.8. The molecular weight excluding hydrogens is 478 g/mol. The summed E-state index contributed by atoms with van der Waals surface area (Å²) in [7, 11) is -2.21. The average Bonchev–Trinajstić information content (AvgIpc) is 2.81. The lowest BCUT2D eigenvalue weighted by Gasteiger charge is -2.33. The van der Waals surface area contributed by atoms with Gasteiger partial charge in [0.25, 0.3) is 0 Å². The number of methoxy groups -OCH3 is 1. The summed E-state index contributed by atoms with van der Waals surface area (Å²) in [6, 6.07) is 13.5. The molecule has 2 amide bonds. The van der Waals surface area contributed by atoms with Crippen LogP contribution < -0.4 is 14.4 Å². The molecule has 0 saturated carbocycles. The number of amides is 2. The Balaban J connectivity index is 2.50. The molecule has 0 aliphatic heterocycles. The van der Waals surface area contributed by atoms with Crippen LogP contribution in [-0.4, -0.2) is 57.1 Å². The molecule has 8 nitrogen and oxygen atoms in total. The van der Waals surface area contributed by atoms with Crippen LogP contribution in [0.2, 0.25) is 0 Å². The predicted molar refractivity (Wildman–Crippen MR) is 144 cm³/mol. The third kappa shape index (κ3) is 7.71. The first-order chi connectivity index (χ1) is 16.9. The summed E-state index contributed by atoms with van der Waals surface area (Å²) in [6.07, 6.45) is 1.47. The van der Waals surface area contributed by atoms with E-state index in [4.69, 9.17) is 4.74 Å². The van der Waals surface area contributed by atoms with Gasteiger partial charge in [-0.3, -0.25) is 13.9 Å². The predicted octanol–water partition coefficient (Wildman–Crippen LogP) is 3.92. The van der Waals surface area contributed by atoms with Gasteiger partial charge < -0.3 is 15.0 Å². The number of benzene rings is 2. The molecule has 0 heterocycles. The molecule has 0 saturated heterocycles. The third-order valence-corrected chi connectivity index (χ3v) is 6.96. The largest absolute Gasteiger partial charge is 0.497 e. The van der Waals surface area contributed by atoms with E-state index in [1.165, 1.54) is 4.90 Å². The zero-order valence-electron chi connectivity index (χ0n) is 22.3. The van der Waals surface area contributed by atoms with E-state index in [-0.39, 0.29) is 24.4 Å². The highest BCUT2D eigenvalue weighted by Gasteiger charge is 2.32. The molecule has 9 heteroatoms. The highest BCUT2D eigenvalue weighted by molar-refractivity contribution is 7.92. The zero-order valence-corrected chi connectivity index (χ0v) is 23.1. The molecule has 198 valence electrons. The monoisotopic (exact) mass is 517 g/mol. The summed E-state index contributed by atoms with van der Waals surface area (Å²) >= 11 is 0. The van der Waals surface area contributed by atoms with Gasteiger partial charge in [0.1, 0.15) is 18.3 Å². The Kier molecular flexibility index (Phi) is 10.3. The molecule has 0 aliphatic carbocycles. The third-order valence-electron chi connectivity index (χ3n) is 5.84. The van der Waals surface area contributed by atoms with E-state index in [9.17, 15) is 18.0 Å². The molecule has 2 rings (SSSR count). The van der Waals surface area contributed by atoms with Crippen LogP contribution in [0.25, 0.3) is 0 Å². The molecule has 0 unspecified atom stereocenters. The van der Waals surface area contributed by atoms with E-state index in [2.05, 4.69) is 5.32 Å². The number of nitrogens with one attached hydrogen (secondary N) is 1. The highest BCUT2D eigenvalue weighted by atomic mass is 32.2. The molecule has 1 atom stereocenters. The van der Waals surface area contributed by atoms with Crippen LogP contribution in [0.3, 0.4) is 0 Å². The van der Waals surface area contributed by atoms with Gasteiger partial charge in [0.2, 0.25) is 21.8 Å². The molecule has 0 spiro atoms. The quantitative estimate of drug-likeness (QED) is 0.460. The lowest BCUT2D eigenvalue weighted by Crippen LogP contribution is -2.53. The summed E-state index contributed by atoms with van der Waals surface area (Å²) < 4.78 is 32.1. The number of para-hydroxylation sites is 1. The molecule has 2 aromatic carbocycles. The number of hydrogen-bond acceptors (Lipinski definition) is 5. The van der Waals surface area contributed by atoms with Crippen molar-refractivity contribution in [3.8, 4) is 5.75 Å². The second-order valence-corrected chi connectivity index (χ2v) is 11.3. The first kappa shape index (κ1) is 29.2. The first-order valence-corrected chi connectivity index (χ1v) is 14.0. The normalized spacial score (nSPS) is 12.4. The minimum atomic E-state index is -3.79. The van der Waals surface area contributed by atoms with Crippen LogP contribution in [0.15, 0.2) is 48.5 Å². The molecule has 0 aromatic heterocycles. The van der Waals surface area contributed by atoms with E-state index in [1.54, 1.807) is 31.4 Å². The van der Waals surface area contributed by atoms with Crippen molar-refractivity contribution in [3.63, 3.8) is 0 Å². The number of anilines is 1. The molecule has 0 radical (unpaired) electrons. The van der Waals surface area contributed by atoms with Gasteiger partial charge in [0, 0.05) is 12.6 Å². The number of nitrogens with zero attached hydrogens (tertiary/aromatic N) is 2. The standard InChI is InChI=1S/C27H39N3O5S/c1-8-24(27(32)28-20(4)5)29(17-21-13-15-22(35-6)16-14-21)26(31)18-30(36(7,33)34)25-12-10-9-11-23(25)19(2)3/h9-16,19-20,24H,8,17-18H2,1-7H3,(H,28,32)/t24-/m0/s1. The fourth-order valence-electron chi connectivity index (χ4n) is 4.03. The summed E-state index contributed by atoms with van der Waals surface area (Å²) in [6.45, 7) is 9.23. The molecule has 1 N–H and O–H groups in total. The number of sulfonamides is 1. The summed E-state index contributed by atoms with van der Waals surface area (Å²) in [5, 5.41) is 2.89. The smallest absolute Gasteiger partial charge is 0.244 e. The summed E-state index contributed by atoms with van der Waals surface area (Å²) in [5.74, 6) is -0.00525. The van der Waals surface area contributed by atoms with Crippen LogP contribution in [0, 0.1) is 0 Å². The van der Waals surface area contributed by atoms with Gasteiger partial charge in [-0.05, 0) is 55.5 Å². The van der Waals surface area contributed by atoms with Crippen LogP contribution in [-0.2, 0) is 26.2 Å². The Morgan fingerprint density at radius 1 is 1.00 bits per heavy atom. The number of hydrogen-bond donors (Lipinski definition) is 1. The lowest BCUT2D eigenvalue weighted by molar-refractivity contribution is -0.140. The van der Waals surface area contributed by atoms with Crippen LogP contribution in [0.5, 0.6) is 5.75 Å². The molecule has 0 bridgehead atoms. The van der Waals surface area contributed by atoms with Crippen LogP contribution in [0.1, 0.15) is 58.1 Å². The van der Waals surface area contributed by atoms with E-state index in [1.807, 2.05) is 58.9 Å². The highest BCUT2D eigenvalue weighted by Crippen LogP contribution is 2.29. The SMILES string of the molecule is CC[C@@H](C(=O)NC(C)C)N(Cc1ccc(OC)cc1)C(=O)CN(c1ccccc1C(C)C)S(C)(=O)=O. The minimum absolute atomic E-state index is 0.0520. The van der Waals surface area contributed by atoms with Crippen molar-refractivity contribution in [3.05, 3.63) is 59.7 Å². The zero-order chi connectivity index (χ0) is 27.0. The van der Waals surface area contributed by atoms with Crippen molar-refractivity contribution in [2.75, 3.05) is 24.2 Å². The van der Waals surface area contributed by atoms with Crippen molar-refractivity contribution in [1.82, 2.24) is 10.2 Å². The minimum Gasteiger partial charge on any atom is -0.497 e. The van der Waals surface area contributed by atoms with E-state index >= 15 is 0 Å². The topological polar surface area (TPSA) is 96.0 Å². The number of rotatable bonds is 12. The lowest BCUT2D eigenvalue weighted by atomic mass is 10.0. The van der Waals surface area contributed by atoms with E-state index < -0.39 is 28.5 Å². The number of carbonyl (C=O) groups is 2. The van der Waals surface area contributed by atoms with Gasteiger partial charge in [0.05, 0.1) is 19.1 Å². The summed E-state index contributed by atoms with van der Waals surface area (Å²) in [5.41, 5.74) is 2.09. The molecule has 0 aliphatic rings. The maximum Gasteiger partial charge on any atom is 0.244 e. The average molecular weight is 518 g/mol. The van der Waals surface area contributed by atoms with Crippen molar-refractivity contribution in [2.24, 2.45) is 0 Å². The van der Waals surface area contributed by atoms with E-state index in [0.717, 1.165) is 21.7 Å². The van der Waals surface area contributed by atoms with Gasteiger partial charge in [0.15, 0.2) is 0 Å². The number of carbonyl (C=O) groups excluding carboxylic acids is 2. The van der Waals surface area contributed by atoms with Gasteiger partial charge >= 0.3 is 0 Å². The summed E-state index contributed by atoms with van der Waals surface area (Å²) in [4.78, 5) is 28.3. The molecule has 2 aromatic rings. The fourth-order valence-corrected chi connectivity index (χ4v) is 4.89. The van der Waals surface area contributed by atoms with Crippen molar-refractivity contribution in [2.45, 2.75) is 65.6 Å². The molecule has 0 fully saturated rings. The van der Waals surface area contributed by atoms with Gasteiger partial charge in [-0.15, -0.1) is 0 Å². The van der Waals surface area contributed by atoms with Crippen molar-refractivity contribution in [1.29, 1.82) is 0 Å². The maximum atomic E-state index is 13.8. The Labute approximate surface area is 215 Å². The van der Waals surface area contributed by atoms with Crippen LogP contribution in [0.4, 0.5) is 5.69 Å². The Morgan fingerprint density at radius 2 is 1.61 bits per heavy atom. The van der Waals surface area contributed by atoms with E-state index in [0.29, 0.717) is 17.9 Å². The van der Waals surface area contributed by atoms with Gasteiger partial charge in [-0.25, -0.2) is 8.42 Å².